The number of anilines is 2. The van der Waals surface area contributed by atoms with E-state index >= 15 is 0 Å². The van der Waals surface area contributed by atoms with Gasteiger partial charge in [0.2, 0.25) is 0 Å². The summed E-state index contributed by atoms with van der Waals surface area (Å²) in [5, 5.41) is 22.5. The Morgan fingerprint density at radius 2 is 1.56 bits per heavy atom. The largest absolute Gasteiger partial charge is 0.478 e. The highest BCUT2D eigenvalue weighted by molar-refractivity contribution is 6.34. The number of carbonyl (C=O) groups is 4. The summed E-state index contributed by atoms with van der Waals surface area (Å²) in [7, 11) is 0. The molecule has 4 rings (SSSR count). The van der Waals surface area contributed by atoms with E-state index in [-0.39, 0.29) is 39.3 Å². The topological polar surface area (TPSA) is 147 Å². The van der Waals surface area contributed by atoms with Gasteiger partial charge in [0.25, 0.3) is 23.4 Å². The molecule has 3 aromatic rings. The van der Waals surface area contributed by atoms with Gasteiger partial charge in [0.05, 0.1) is 27.3 Å². The number of hydrogen-bond acceptors (Lipinski definition) is 6. The summed E-state index contributed by atoms with van der Waals surface area (Å²) in [6.07, 6.45) is 0. The van der Waals surface area contributed by atoms with Gasteiger partial charge < -0.3 is 10.4 Å². The third-order valence-corrected chi connectivity index (χ3v) is 4.84. The second-order valence-corrected chi connectivity index (χ2v) is 6.82. The lowest BCUT2D eigenvalue weighted by molar-refractivity contribution is -0.384. The lowest BCUT2D eigenvalue weighted by Gasteiger charge is -2.14. The van der Waals surface area contributed by atoms with E-state index in [1.165, 1.54) is 66.7 Å². The molecule has 10 heteroatoms. The highest BCUT2D eigenvalue weighted by atomic mass is 16.6. The fourth-order valence-electron chi connectivity index (χ4n) is 3.27. The minimum absolute atomic E-state index is 0.0530. The number of non-ortho nitro benzene ring substituents is 1. The number of fused-ring (bicyclic) bond motifs is 1. The van der Waals surface area contributed by atoms with Crippen molar-refractivity contribution in [1.82, 2.24) is 0 Å². The van der Waals surface area contributed by atoms with E-state index in [0.717, 1.165) is 4.90 Å². The zero-order valence-corrected chi connectivity index (χ0v) is 16.1. The van der Waals surface area contributed by atoms with Gasteiger partial charge in [0, 0.05) is 23.4 Å². The zero-order chi connectivity index (χ0) is 23.0. The number of amides is 3. The van der Waals surface area contributed by atoms with Crippen LogP contribution >= 0.6 is 0 Å². The van der Waals surface area contributed by atoms with Crippen LogP contribution < -0.4 is 10.2 Å². The number of nitro groups is 1. The van der Waals surface area contributed by atoms with Gasteiger partial charge in [-0.3, -0.25) is 24.5 Å². The minimum Gasteiger partial charge on any atom is -0.478 e. The van der Waals surface area contributed by atoms with Crippen molar-refractivity contribution in [2.75, 3.05) is 10.2 Å². The Bertz CT molecular complexity index is 1320. The Morgan fingerprint density at radius 1 is 0.875 bits per heavy atom. The number of nitrogens with one attached hydrogen (secondary N) is 1. The molecule has 0 atom stereocenters. The van der Waals surface area contributed by atoms with Gasteiger partial charge in [-0.2, -0.15) is 0 Å². The molecule has 0 aromatic heterocycles. The normalized spacial score (nSPS) is 12.4. The van der Waals surface area contributed by atoms with E-state index in [2.05, 4.69) is 5.32 Å². The number of carboxylic acid groups (broad SMARTS) is 1. The number of nitrogens with zero attached hydrogens (tertiary/aromatic N) is 2. The van der Waals surface area contributed by atoms with Crippen LogP contribution in [0, 0.1) is 10.1 Å². The summed E-state index contributed by atoms with van der Waals surface area (Å²) in [6, 6.07) is 14.6. The molecule has 1 aliphatic heterocycles. The van der Waals surface area contributed by atoms with Crippen LogP contribution in [0.3, 0.4) is 0 Å². The Morgan fingerprint density at radius 3 is 2.22 bits per heavy atom. The van der Waals surface area contributed by atoms with Crippen LogP contribution in [0.4, 0.5) is 17.1 Å². The molecule has 0 aliphatic carbocycles. The summed E-state index contributed by atoms with van der Waals surface area (Å²) >= 11 is 0. The predicted octanol–water partition coefficient (Wildman–Crippen LogP) is 3.35. The van der Waals surface area contributed by atoms with Crippen molar-refractivity contribution in [2.45, 2.75) is 0 Å². The molecule has 2 N–H and O–H groups in total. The summed E-state index contributed by atoms with van der Waals surface area (Å²) < 4.78 is 0. The van der Waals surface area contributed by atoms with Crippen LogP contribution in [0.15, 0.2) is 66.7 Å². The zero-order valence-electron chi connectivity index (χ0n) is 16.1. The first-order chi connectivity index (χ1) is 15.3. The van der Waals surface area contributed by atoms with Crippen molar-refractivity contribution in [1.29, 1.82) is 0 Å². The number of benzene rings is 3. The molecule has 0 radical (unpaired) electrons. The molecular formula is C22H13N3O7. The van der Waals surface area contributed by atoms with Gasteiger partial charge in [0.1, 0.15) is 0 Å². The fraction of sp³-hybridized carbons (Fsp3) is 0. The Hall–Kier alpha value is -4.86. The molecule has 3 aromatic carbocycles. The molecule has 10 nitrogen and oxygen atoms in total. The molecule has 0 fully saturated rings. The van der Waals surface area contributed by atoms with Crippen LogP contribution in [-0.4, -0.2) is 33.7 Å². The summed E-state index contributed by atoms with van der Waals surface area (Å²) in [6.45, 7) is 0. The standard InChI is InChI=1S/C22H13N3O7/c26-19(12-4-7-15(8-5-12)25(31)32)23-14-6-9-17-18(11-14)21(28)24(20(17)27)16-3-1-2-13(10-16)22(29)30/h1-11H,(H,23,26)(H,29,30). The van der Waals surface area contributed by atoms with E-state index in [1.807, 2.05) is 0 Å². The van der Waals surface area contributed by atoms with Crippen molar-refractivity contribution >= 4 is 40.8 Å². The van der Waals surface area contributed by atoms with Crippen LogP contribution in [0.25, 0.3) is 0 Å². The molecule has 0 bridgehead atoms. The van der Waals surface area contributed by atoms with E-state index in [0.29, 0.717) is 0 Å². The average molecular weight is 431 g/mol. The van der Waals surface area contributed by atoms with Crippen LogP contribution in [0.5, 0.6) is 0 Å². The fourth-order valence-corrected chi connectivity index (χ4v) is 3.27. The maximum atomic E-state index is 12.9. The van der Waals surface area contributed by atoms with E-state index in [1.54, 1.807) is 0 Å². The molecule has 1 aliphatic rings. The Kier molecular flexibility index (Phi) is 4.95. The van der Waals surface area contributed by atoms with Gasteiger partial charge in [-0.15, -0.1) is 0 Å². The predicted molar refractivity (Wildman–Crippen MR) is 112 cm³/mol. The lowest BCUT2D eigenvalue weighted by Crippen LogP contribution is -2.29. The maximum Gasteiger partial charge on any atom is 0.335 e. The van der Waals surface area contributed by atoms with Crippen molar-refractivity contribution in [3.8, 4) is 0 Å². The maximum absolute atomic E-state index is 12.9. The molecule has 0 spiro atoms. The van der Waals surface area contributed by atoms with Crippen molar-refractivity contribution in [3.05, 3.63) is 99.1 Å². The van der Waals surface area contributed by atoms with Gasteiger partial charge in [0.15, 0.2) is 0 Å². The van der Waals surface area contributed by atoms with Crippen LogP contribution in [0.2, 0.25) is 0 Å². The van der Waals surface area contributed by atoms with Gasteiger partial charge in [-0.05, 0) is 48.5 Å². The van der Waals surface area contributed by atoms with Gasteiger partial charge in [-0.1, -0.05) is 6.07 Å². The van der Waals surface area contributed by atoms with Crippen LogP contribution in [-0.2, 0) is 0 Å². The van der Waals surface area contributed by atoms with Gasteiger partial charge in [-0.25, -0.2) is 9.69 Å². The first-order valence-electron chi connectivity index (χ1n) is 9.18. The second-order valence-electron chi connectivity index (χ2n) is 6.82. The quantitative estimate of drug-likeness (QED) is 0.358. The average Bonchev–Trinajstić information content (AvgIpc) is 3.03. The van der Waals surface area contributed by atoms with E-state index in [4.69, 9.17) is 5.11 Å². The SMILES string of the molecule is O=C(O)c1cccc(N2C(=O)c3ccc(NC(=O)c4ccc([N+](=O)[O-])cc4)cc3C2=O)c1. The highest BCUT2D eigenvalue weighted by Crippen LogP contribution is 2.31. The minimum atomic E-state index is -1.19. The van der Waals surface area contributed by atoms with Crippen molar-refractivity contribution in [3.63, 3.8) is 0 Å². The molecule has 1 heterocycles. The number of imide groups is 1. The second kappa shape index (κ2) is 7.76. The molecule has 158 valence electrons. The molecule has 0 unspecified atom stereocenters. The highest BCUT2D eigenvalue weighted by Gasteiger charge is 2.37. The Labute approximate surface area is 179 Å². The van der Waals surface area contributed by atoms with Crippen LogP contribution in [0.1, 0.15) is 41.4 Å². The van der Waals surface area contributed by atoms with Crippen molar-refractivity contribution in [2.24, 2.45) is 0 Å². The first-order valence-corrected chi connectivity index (χ1v) is 9.18. The molecule has 0 saturated carbocycles. The summed E-state index contributed by atoms with van der Waals surface area (Å²) in [5.41, 5.74) is 0.471. The molecule has 0 saturated heterocycles. The third-order valence-electron chi connectivity index (χ3n) is 4.84. The number of aromatic carboxylic acids is 1. The van der Waals surface area contributed by atoms with Crippen molar-refractivity contribution < 1.29 is 29.2 Å². The molecule has 32 heavy (non-hydrogen) atoms. The van der Waals surface area contributed by atoms with E-state index in [9.17, 15) is 29.3 Å². The Balaban J connectivity index is 1.59. The summed E-state index contributed by atoms with van der Waals surface area (Å²) in [4.78, 5) is 60.3. The van der Waals surface area contributed by atoms with E-state index < -0.39 is 28.6 Å². The number of carboxylic acids is 1. The first kappa shape index (κ1) is 20.4. The number of hydrogen-bond donors (Lipinski definition) is 2. The lowest BCUT2D eigenvalue weighted by atomic mass is 10.1. The number of nitro benzene ring substituents is 1. The smallest absolute Gasteiger partial charge is 0.335 e. The molecular weight excluding hydrogens is 418 g/mol. The van der Waals surface area contributed by atoms with Gasteiger partial charge >= 0.3 is 5.97 Å². The number of rotatable bonds is 5. The summed E-state index contributed by atoms with van der Waals surface area (Å²) in [5.74, 6) is -3.01. The third kappa shape index (κ3) is 3.56. The monoisotopic (exact) mass is 431 g/mol. The number of carbonyl (C=O) groups excluding carboxylic acids is 3. The molecule has 3 amide bonds.